The normalized spacial score (nSPS) is 10.5. The fourth-order valence-corrected chi connectivity index (χ4v) is 2.90. The highest BCUT2D eigenvalue weighted by Gasteiger charge is 2.13. The van der Waals surface area contributed by atoms with Gasteiger partial charge in [-0.1, -0.05) is 18.2 Å². The van der Waals surface area contributed by atoms with E-state index in [-0.39, 0.29) is 5.75 Å². The molecule has 2 aromatic heterocycles. The Morgan fingerprint density at radius 2 is 1.96 bits per heavy atom. The number of nitriles is 1. The van der Waals surface area contributed by atoms with Gasteiger partial charge in [-0.25, -0.2) is 0 Å². The zero-order valence-corrected chi connectivity index (χ0v) is 13.2. The summed E-state index contributed by atoms with van der Waals surface area (Å²) < 4.78 is 0. The van der Waals surface area contributed by atoms with E-state index in [2.05, 4.69) is 21.4 Å². The van der Waals surface area contributed by atoms with Gasteiger partial charge in [0.15, 0.2) is 0 Å². The fraction of sp³-hybridized carbons (Fsp3) is 0. The van der Waals surface area contributed by atoms with E-state index in [0.29, 0.717) is 11.3 Å². The lowest BCUT2D eigenvalue weighted by molar-refractivity contribution is 0.475. The van der Waals surface area contributed by atoms with Gasteiger partial charge in [-0.3, -0.25) is 4.98 Å². The van der Waals surface area contributed by atoms with Crippen molar-refractivity contribution in [3.05, 3.63) is 72.7 Å². The molecular weight excluding hydrogens is 312 g/mol. The molecule has 2 aromatic carbocycles. The number of benzene rings is 2. The quantitative estimate of drug-likeness (QED) is 0.515. The molecule has 4 aromatic rings. The predicted octanol–water partition coefficient (Wildman–Crippen LogP) is 4.55. The number of H-pyrrole nitrogens is 1. The first-order chi connectivity index (χ1) is 12.3. The Bertz CT molecular complexity index is 1110. The molecule has 0 atom stereocenters. The highest BCUT2D eigenvalue weighted by molar-refractivity contribution is 5.96. The first kappa shape index (κ1) is 14.8. The zero-order chi connectivity index (χ0) is 17.2. The van der Waals surface area contributed by atoms with E-state index in [1.54, 1.807) is 24.4 Å². The minimum Gasteiger partial charge on any atom is -0.508 e. The van der Waals surface area contributed by atoms with Gasteiger partial charge in [0.1, 0.15) is 11.8 Å². The average Bonchev–Trinajstić information content (AvgIpc) is 3.11. The van der Waals surface area contributed by atoms with Crippen LogP contribution in [0.25, 0.3) is 22.0 Å². The second-order valence-corrected chi connectivity index (χ2v) is 5.64. The van der Waals surface area contributed by atoms with E-state index in [0.717, 1.165) is 27.7 Å². The van der Waals surface area contributed by atoms with Crippen LogP contribution in [0.5, 0.6) is 5.75 Å². The molecule has 0 saturated carbocycles. The molecule has 0 amide bonds. The van der Waals surface area contributed by atoms with Gasteiger partial charge in [0.25, 0.3) is 0 Å². The summed E-state index contributed by atoms with van der Waals surface area (Å²) in [5.74, 6) is 0.165. The van der Waals surface area contributed by atoms with Crippen LogP contribution in [0, 0.1) is 11.3 Å². The predicted molar refractivity (Wildman–Crippen MR) is 97.6 cm³/mol. The number of anilines is 2. The third kappa shape index (κ3) is 2.66. The van der Waals surface area contributed by atoms with E-state index >= 15 is 0 Å². The highest BCUT2D eigenvalue weighted by Crippen LogP contribution is 2.35. The Labute approximate surface area is 144 Å². The van der Waals surface area contributed by atoms with Gasteiger partial charge in [-0.15, -0.1) is 0 Å². The van der Waals surface area contributed by atoms with Gasteiger partial charge in [0.2, 0.25) is 0 Å². The number of pyridine rings is 1. The number of phenols is 1. The lowest BCUT2D eigenvalue weighted by atomic mass is 10.0. The standard InChI is InChI=1S/C20H14N4O/c21-10-14-11-22-12-17(13-3-1-4-15(25)9-13)20(14)24-19-6-2-5-18-16(19)7-8-23-18/h1-9,11-12,23,25H,(H,22,24). The average molecular weight is 326 g/mol. The second-order valence-electron chi connectivity index (χ2n) is 5.64. The Morgan fingerprint density at radius 3 is 2.80 bits per heavy atom. The van der Waals surface area contributed by atoms with Crippen LogP contribution in [0.3, 0.4) is 0 Å². The maximum absolute atomic E-state index is 9.79. The highest BCUT2D eigenvalue weighted by atomic mass is 16.3. The van der Waals surface area contributed by atoms with Crippen molar-refractivity contribution in [2.24, 2.45) is 0 Å². The minimum absolute atomic E-state index is 0.165. The molecule has 0 aliphatic rings. The molecule has 0 aliphatic heterocycles. The first-order valence-electron chi connectivity index (χ1n) is 7.77. The van der Waals surface area contributed by atoms with Crippen LogP contribution >= 0.6 is 0 Å². The van der Waals surface area contributed by atoms with Gasteiger partial charge in [0, 0.05) is 40.7 Å². The molecule has 3 N–H and O–H groups in total. The number of aromatic nitrogens is 2. The monoisotopic (exact) mass is 326 g/mol. The SMILES string of the molecule is N#Cc1cncc(-c2cccc(O)c2)c1Nc1cccc2[nH]ccc12. The minimum atomic E-state index is 0.165. The van der Waals surface area contributed by atoms with E-state index in [9.17, 15) is 10.4 Å². The fourth-order valence-electron chi connectivity index (χ4n) is 2.90. The molecule has 0 aliphatic carbocycles. The van der Waals surface area contributed by atoms with Crippen molar-refractivity contribution in [3.63, 3.8) is 0 Å². The van der Waals surface area contributed by atoms with Gasteiger partial charge in [0.05, 0.1) is 11.3 Å². The second kappa shape index (κ2) is 6.02. The summed E-state index contributed by atoms with van der Waals surface area (Å²) in [6, 6.07) is 17.0. The van der Waals surface area contributed by atoms with Crippen LogP contribution in [0.2, 0.25) is 0 Å². The summed E-state index contributed by atoms with van der Waals surface area (Å²) in [5.41, 5.74) is 4.54. The van der Waals surface area contributed by atoms with Crippen LogP contribution in [-0.4, -0.2) is 15.1 Å². The lowest BCUT2D eigenvalue weighted by Gasteiger charge is -2.14. The molecule has 0 radical (unpaired) electrons. The number of fused-ring (bicyclic) bond motifs is 1. The number of aromatic hydroxyl groups is 1. The maximum Gasteiger partial charge on any atom is 0.116 e. The molecule has 0 spiro atoms. The van der Waals surface area contributed by atoms with Gasteiger partial charge < -0.3 is 15.4 Å². The van der Waals surface area contributed by atoms with Crippen molar-refractivity contribution in [3.8, 4) is 22.9 Å². The Kier molecular flexibility index (Phi) is 3.56. The molecule has 0 bridgehead atoms. The molecule has 2 heterocycles. The van der Waals surface area contributed by atoms with Crippen LogP contribution in [0.4, 0.5) is 11.4 Å². The molecule has 4 rings (SSSR count). The van der Waals surface area contributed by atoms with Crippen LogP contribution in [0.1, 0.15) is 5.56 Å². The van der Waals surface area contributed by atoms with Gasteiger partial charge in [-0.05, 0) is 35.9 Å². The summed E-state index contributed by atoms with van der Waals surface area (Å²) in [7, 11) is 0. The van der Waals surface area contributed by atoms with E-state index < -0.39 is 0 Å². The number of rotatable bonds is 3. The number of hydrogen-bond donors (Lipinski definition) is 3. The molecule has 5 nitrogen and oxygen atoms in total. The van der Waals surface area contributed by atoms with Gasteiger partial charge in [-0.2, -0.15) is 5.26 Å². The van der Waals surface area contributed by atoms with Crippen molar-refractivity contribution in [1.82, 2.24) is 9.97 Å². The number of hydrogen-bond acceptors (Lipinski definition) is 4. The van der Waals surface area contributed by atoms with E-state index in [4.69, 9.17) is 0 Å². The third-order valence-corrected chi connectivity index (χ3v) is 4.08. The Balaban J connectivity index is 1.89. The number of nitrogens with zero attached hydrogens (tertiary/aromatic N) is 2. The maximum atomic E-state index is 9.79. The summed E-state index contributed by atoms with van der Waals surface area (Å²) in [4.78, 5) is 7.34. The zero-order valence-electron chi connectivity index (χ0n) is 13.2. The van der Waals surface area contributed by atoms with Crippen LogP contribution in [0.15, 0.2) is 67.1 Å². The van der Waals surface area contributed by atoms with E-state index in [1.165, 1.54) is 6.20 Å². The smallest absolute Gasteiger partial charge is 0.116 e. The van der Waals surface area contributed by atoms with Crippen LogP contribution in [-0.2, 0) is 0 Å². The number of phenolic OH excluding ortho intramolecular Hbond substituents is 1. The topological polar surface area (TPSA) is 84.7 Å². The van der Waals surface area contributed by atoms with Crippen molar-refractivity contribution < 1.29 is 5.11 Å². The molecular formula is C20H14N4O. The molecule has 0 saturated heterocycles. The molecule has 120 valence electrons. The van der Waals surface area contributed by atoms with E-state index in [1.807, 2.05) is 36.5 Å². The number of aromatic amines is 1. The van der Waals surface area contributed by atoms with Crippen molar-refractivity contribution in [1.29, 1.82) is 5.26 Å². The third-order valence-electron chi connectivity index (χ3n) is 4.08. The molecule has 25 heavy (non-hydrogen) atoms. The van der Waals surface area contributed by atoms with Gasteiger partial charge >= 0.3 is 0 Å². The summed E-state index contributed by atoms with van der Waals surface area (Å²) in [6.45, 7) is 0. The summed E-state index contributed by atoms with van der Waals surface area (Å²) in [5, 5.41) is 23.7. The summed E-state index contributed by atoms with van der Waals surface area (Å²) >= 11 is 0. The molecule has 0 fully saturated rings. The number of nitrogens with one attached hydrogen (secondary N) is 2. The first-order valence-corrected chi connectivity index (χ1v) is 7.77. The largest absolute Gasteiger partial charge is 0.508 e. The summed E-state index contributed by atoms with van der Waals surface area (Å²) in [6.07, 6.45) is 5.10. The van der Waals surface area contributed by atoms with Crippen LogP contribution < -0.4 is 5.32 Å². The van der Waals surface area contributed by atoms with Crippen molar-refractivity contribution >= 4 is 22.3 Å². The lowest BCUT2D eigenvalue weighted by Crippen LogP contribution is -1.98. The van der Waals surface area contributed by atoms with Crippen molar-refractivity contribution in [2.75, 3.05) is 5.32 Å². The Morgan fingerprint density at radius 1 is 1.08 bits per heavy atom. The van der Waals surface area contributed by atoms with Crippen molar-refractivity contribution in [2.45, 2.75) is 0 Å². The molecule has 5 heteroatoms. The molecule has 0 unspecified atom stereocenters. The Hall–Kier alpha value is -3.78.